The molecule has 0 aliphatic carbocycles. The van der Waals surface area contributed by atoms with Crippen molar-refractivity contribution >= 4 is 52.8 Å². The van der Waals surface area contributed by atoms with Crippen LogP contribution < -0.4 is 5.32 Å². The molecular formula is C20H14Cl2N4OS. The number of H-pyrrole nitrogens is 1. The summed E-state index contributed by atoms with van der Waals surface area (Å²) in [6.45, 7) is 0. The average Bonchev–Trinajstić information content (AvgIpc) is 3.08. The molecular weight excluding hydrogens is 415 g/mol. The molecule has 1 amide bonds. The summed E-state index contributed by atoms with van der Waals surface area (Å²) in [7, 11) is 0. The Bertz CT molecular complexity index is 1050. The molecule has 1 heterocycles. The number of rotatable bonds is 6. The lowest BCUT2D eigenvalue weighted by molar-refractivity contribution is -0.111. The summed E-state index contributed by atoms with van der Waals surface area (Å²) < 4.78 is 0. The largest absolute Gasteiger partial charge is 0.306 e. The van der Waals surface area contributed by atoms with Crippen molar-refractivity contribution < 1.29 is 4.79 Å². The maximum Gasteiger partial charge on any atom is 0.249 e. The first-order chi connectivity index (χ1) is 13.6. The Morgan fingerprint density at radius 2 is 1.96 bits per heavy atom. The number of nitrogens with one attached hydrogen (secondary N) is 2. The summed E-state index contributed by atoms with van der Waals surface area (Å²) in [5.74, 6) is 0.441. The predicted molar refractivity (Wildman–Crippen MR) is 113 cm³/mol. The van der Waals surface area contributed by atoms with Gasteiger partial charge in [-0.05, 0) is 35.4 Å². The van der Waals surface area contributed by atoms with E-state index in [0.29, 0.717) is 20.8 Å². The van der Waals surface area contributed by atoms with Crippen molar-refractivity contribution in [1.82, 2.24) is 10.2 Å². The highest BCUT2D eigenvalue weighted by Gasteiger charge is 2.15. The zero-order chi connectivity index (χ0) is 19.9. The SMILES string of the molecule is N#Cc1c(SCc2ccccc2Cl)n[nH]c1NC(=O)/C=C/c1ccc(Cl)cc1. The second-order valence-electron chi connectivity index (χ2n) is 5.64. The van der Waals surface area contributed by atoms with Crippen LogP contribution >= 0.6 is 35.0 Å². The van der Waals surface area contributed by atoms with Crippen LogP contribution in [0.25, 0.3) is 6.08 Å². The number of aromatic amines is 1. The first kappa shape index (κ1) is 20.0. The fraction of sp³-hybridized carbons (Fsp3) is 0.0500. The molecule has 140 valence electrons. The van der Waals surface area contributed by atoms with E-state index in [9.17, 15) is 10.1 Å². The molecule has 0 atom stereocenters. The molecule has 0 saturated carbocycles. The van der Waals surface area contributed by atoms with Gasteiger partial charge in [0.15, 0.2) is 0 Å². The molecule has 0 spiro atoms. The van der Waals surface area contributed by atoms with E-state index in [1.54, 1.807) is 30.3 Å². The molecule has 2 N–H and O–H groups in total. The Balaban J connectivity index is 1.66. The maximum atomic E-state index is 12.1. The van der Waals surface area contributed by atoms with E-state index in [-0.39, 0.29) is 17.3 Å². The number of amides is 1. The minimum absolute atomic E-state index is 0.259. The molecule has 5 nitrogen and oxygen atoms in total. The molecule has 0 unspecified atom stereocenters. The van der Waals surface area contributed by atoms with Gasteiger partial charge in [-0.25, -0.2) is 0 Å². The van der Waals surface area contributed by atoms with Gasteiger partial charge < -0.3 is 5.32 Å². The van der Waals surface area contributed by atoms with E-state index >= 15 is 0 Å². The van der Waals surface area contributed by atoms with E-state index in [1.807, 2.05) is 24.3 Å². The minimum Gasteiger partial charge on any atom is -0.306 e. The number of carbonyl (C=O) groups is 1. The molecule has 2 aromatic carbocycles. The number of anilines is 1. The Morgan fingerprint density at radius 1 is 1.21 bits per heavy atom. The van der Waals surface area contributed by atoms with Crippen molar-refractivity contribution in [3.63, 3.8) is 0 Å². The Labute approximate surface area is 176 Å². The van der Waals surface area contributed by atoms with Crippen molar-refractivity contribution in [1.29, 1.82) is 5.26 Å². The number of hydrogen-bond donors (Lipinski definition) is 2. The van der Waals surface area contributed by atoms with Crippen LogP contribution in [0, 0.1) is 11.3 Å². The normalized spacial score (nSPS) is 10.8. The lowest BCUT2D eigenvalue weighted by atomic mass is 10.2. The van der Waals surface area contributed by atoms with E-state index < -0.39 is 0 Å². The van der Waals surface area contributed by atoms with Crippen LogP contribution in [0.15, 0.2) is 59.6 Å². The number of nitrogens with zero attached hydrogens (tertiary/aromatic N) is 2. The average molecular weight is 429 g/mol. The second kappa shape index (κ2) is 9.47. The number of halogens is 2. The lowest BCUT2D eigenvalue weighted by Gasteiger charge is -2.02. The van der Waals surface area contributed by atoms with Gasteiger partial charge in [0.2, 0.25) is 5.91 Å². The predicted octanol–water partition coefficient (Wildman–Crippen LogP) is 5.53. The maximum absolute atomic E-state index is 12.1. The fourth-order valence-electron chi connectivity index (χ4n) is 2.30. The van der Waals surface area contributed by atoms with Crippen molar-refractivity contribution in [2.24, 2.45) is 0 Å². The summed E-state index contributed by atoms with van der Waals surface area (Å²) in [6.07, 6.45) is 3.03. The van der Waals surface area contributed by atoms with Gasteiger partial charge in [0, 0.05) is 21.9 Å². The summed E-state index contributed by atoms with van der Waals surface area (Å²) in [4.78, 5) is 12.1. The number of aromatic nitrogens is 2. The number of nitriles is 1. The zero-order valence-corrected chi connectivity index (χ0v) is 16.8. The summed E-state index contributed by atoms with van der Waals surface area (Å²) in [5.41, 5.74) is 2.06. The third-order valence-electron chi connectivity index (χ3n) is 3.71. The molecule has 0 aliphatic rings. The Hall–Kier alpha value is -2.72. The van der Waals surface area contributed by atoms with Gasteiger partial charge in [0.1, 0.15) is 22.5 Å². The van der Waals surface area contributed by atoms with Crippen LogP contribution in [0.3, 0.4) is 0 Å². The van der Waals surface area contributed by atoms with Crippen LogP contribution in [0.4, 0.5) is 5.82 Å². The lowest BCUT2D eigenvalue weighted by Crippen LogP contribution is -2.09. The van der Waals surface area contributed by atoms with Gasteiger partial charge in [0.25, 0.3) is 0 Å². The number of carbonyl (C=O) groups excluding carboxylic acids is 1. The highest BCUT2D eigenvalue weighted by atomic mass is 35.5. The molecule has 0 fully saturated rings. The quantitative estimate of drug-likeness (QED) is 0.399. The molecule has 3 rings (SSSR count). The van der Waals surface area contributed by atoms with Crippen molar-refractivity contribution in [2.45, 2.75) is 10.8 Å². The molecule has 0 saturated heterocycles. The van der Waals surface area contributed by atoms with Crippen LogP contribution in [-0.2, 0) is 10.5 Å². The Kier molecular flexibility index (Phi) is 6.77. The van der Waals surface area contributed by atoms with E-state index in [0.717, 1.165) is 11.1 Å². The molecule has 3 aromatic rings. The van der Waals surface area contributed by atoms with Crippen LogP contribution in [0.2, 0.25) is 10.0 Å². The third kappa shape index (κ3) is 5.17. The molecule has 0 bridgehead atoms. The van der Waals surface area contributed by atoms with Crippen molar-refractivity contribution in [2.75, 3.05) is 5.32 Å². The Morgan fingerprint density at radius 3 is 2.68 bits per heavy atom. The first-order valence-electron chi connectivity index (χ1n) is 8.16. The highest BCUT2D eigenvalue weighted by Crippen LogP contribution is 2.30. The van der Waals surface area contributed by atoms with Gasteiger partial charge in [-0.1, -0.05) is 65.3 Å². The first-order valence-corrected chi connectivity index (χ1v) is 9.90. The van der Waals surface area contributed by atoms with E-state index in [2.05, 4.69) is 21.6 Å². The number of thioether (sulfide) groups is 1. The molecule has 0 aliphatic heterocycles. The van der Waals surface area contributed by atoms with Crippen LogP contribution in [0.5, 0.6) is 0 Å². The summed E-state index contributed by atoms with van der Waals surface area (Å²) in [5, 5.41) is 20.7. The second-order valence-corrected chi connectivity index (χ2v) is 7.45. The molecule has 1 aromatic heterocycles. The van der Waals surface area contributed by atoms with Crippen molar-refractivity contribution in [3.05, 3.63) is 81.3 Å². The van der Waals surface area contributed by atoms with E-state index in [1.165, 1.54) is 17.8 Å². The monoisotopic (exact) mass is 428 g/mol. The van der Waals surface area contributed by atoms with Crippen LogP contribution in [-0.4, -0.2) is 16.1 Å². The van der Waals surface area contributed by atoms with E-state index in [4.69, 9.17) is 23.2 Å². The van der Waals surface area contributed by atoms with Crippen LogP contribution in [0.1, 0.15) is 16.7 Å². The standard InChI is InChI=1S/C20H14Cl2N4OS/c21-15-8-5-13(6-9-15)7-10-18(27)24-19-16(11-23)20(26-25-19)28-12-14-3-1-2-4-17(14)22/h1-10H,12H2,(H2,24,25,26,27)/b10-7+. The molecule has 8 heteroatoms. The number of hydrogen-bond acceptors (Lipinski definition) is 4. The van der Waals surface area contributed by atoms with Crippen molar-refractivity contribution in [3.8, 4) is 6.07 Å². The van der Waals surface area contributed by atoms with Gasteiger partial charge in [-0.15, -0.1) is 0 Å². The third-order valence-corrected chi connectivity index (χ3v) is 5.36. The van der Waals surface area contributed by atoms with Gasteiger partial charge in [0.05, 0.1) is 0 Å². The van der Waals surface area contributed by atoms with Gasteiger partial charge in [-0.3, -0.25) is 9.89 Å². The fourth-order valence-corrected chi connectivity index (χ4v) is 3.65. The van der Waals surface area contributed by atoms with Gasteiger partial charge in [-0.2, -0.15) is 10.4 Å². The zero-order valence-electron chi connectivity index (χ0n) is 14.4. The summed E-state index contributed by atoms with van der Waals surface area (Å²) >= 11 is 13.4. The summed E-state index contributed by atoms with van der Waals surface area (Å²) in [6, 6.07) is 16.6. The number of benzene rings is 2. The topological polar surface area (TPSA) is 81.6 Å². The molecule has 28 heavy (non-hydrogen) atoms. The highest BCUT2D eigenvalue weighted by molar-refractivity contribution is 7.98. The van der Waals surface area contributed by atoms with Gasteiger partial charge >= 0.3 is 0 Å². The minimum atomic E-state index is -0.377. The smallest absolute Gasteiger partial charge is 0.249 e. The molecule has 0 radical (unpaired) electrons.